The summed E-state index contributed by atoms with van der Waals surface area (Å²) in [4.78, 5) is 5.81. The molecule has 0 N–H and O–H groups in total. The highest BCUT2D eigenvalue weighted by Gasteiger charge is 2.13. The number of hydrogen-bond donors (Lipinski definition) is 0. The average molecular weight is 281 g/mol. The molecule has 0 aliphatic carbocycles. The van der Waals surface area contributed by atoms with Crippen LogP contribution in [0, 0.1) is 13.5 Å². The fourth-order valence-electron chi connectivity index (χ4n) is 1.95. The van der Waals surface area contributed by atoms with Gasteiger partial charge in [0.2, 0.25) is 5.69 Å². The zero-order valence-electron chi connectivity index (χ0n) is 12.4. The van der Waals surface area contributed by atoms with Crippen molar-refractivity contribution in [1.29, 1.82) is 0 Å². The Labute approximate surface area is 125 Å². The van der Waals surface area contributed by atoms with Gasteiger partial charge in [0.15, 0.2) is 0 Å². The molecule has 0 amide bonds. The first-order chi connectivity index (χ1) is 9.40. The predicted molar refractivity (Wildman–Crippen MR) is 86.7 cm³/mol. The van der Waals surface area contributed by atoms with Gasteiger partial charge in [-0.25, -0.2) is 4.85 Å². The van der Waals surface area contributed by atoms with Crippen molar-refractivity contribution < 1.29 is 0 Å². The van der Waals surface area contributed by atoms with Crippen LogP contribution in [0.15, 0.2) is 52.3 Å². The highest BCUT2D eigenvalue weighted by Crippen LogP contribution is 2.36. The Morgan fingerprint density at radius 3 is 2.20 bits per heavy atom. The van der Waals surface area contributed by atoms with Crippen LogP contribution in [-0.4, -0.2) is 0 Å². The number of hydrogen-bond acceptors (Lipinski definition) is 1. The lowest BCUT2D eigenvalue weighted by Gasteiger charge is -2.19. The third-order valence-electron chi connectivity index (χ3n) is 3.18. The number of nitrogens with zero attached hydrogens (tertiary/aromatic N) is 1. The minimum Gasteiger partial charge on any atom is -0.237 e. The Morgan fingerprint density at radius 1 is 1.00 bits per heavy atom. The monoisotopic (exact) mass is 281 g/mol. The van der Waals surface area contributed by atoms with Crippen LogP contribution in [0.1, 0.15) is 31.9 Å². The van der Waals surface area contributed by atoms with Gasteiger partial charge in [0.25, 0.3) is 0 Å². The van der Waals surface area contributed by atoms with E-state index in [9.17, 15) is 0 Å². The topological polar surface area (TPSA) is 4.36 Å². The number of aryl methyl sites for hydroxylation is 1. The lowest BCUT2D eigenvalue weighted by Crippen LogP contribution is -2.10. The Morgan fingerprint density at radius 2 is 1.65 bits per heavy atom. The standard InChI is InChI=1S/C18H19NS/c1-13-6-11-17(16(12-13)19-5)20-15-9-7-14(8-10-15)18(2,3)4/h6-12H,1-4H3. The van der Waals surface area contributed by atoms with Gasteiger partial charge in [0.05, 0.1) is 6.57 Å². The van der Waals surface area contributed by atoms with Gasteiger partial charge in [-0.15, -0.1) is 11.8 Å². The van der Waals surface area contributed by atoms with E-state index in [1.807, 2.05) is 19.1 Å². The molecule has 2 rings (SSSR count). The van der Waals surface area contributed by atoms with Crippen molar-refractivity contribution >= 4 is 17.4 Å². The van der Waals surface area contributed by atoms with E-state index < -0.39 is 0 Å². The Bertz CT molecular complexity index is 643. The maximum atomic E-state index is 7.27. The summed E-state index contributed by atoms with van der Waals surface area (Å²) in [6, 6.07) is 14.7. The molecule has 0 aromatic heterocycles. The molecular weight excluding hydrogens is 262 g/mol. The Hall–Kier alpha value is -1.72. The van der Waals surface area contributed by atoms with Crippen LogP contribution < -0.4 is 0 Å². The summed E-state index contributed by atoms with van der Waals surface area (Å²) in [5, 5.41) is 0. The van der Waals surface area contributed by atoms with E-state index in [0.717, 1.165) is 16.1 Å². The largest absolute Gasteiger partial charge is 0.237 e. The molecule has 0 bridgehead atoms. The third kappa shape index (κ3) is 3.43. The van der Waals surface area contributed by atoms with E-state index in [1.165, 1.54) is 10.5 Å². The first-order valence-corrected chi connectivity index (χ1v) is 7.48. The molecule has 0 atom stereocenters. The fourth-order valence-corrected chi connectivity index (χ4v) is 2.82. The summed E-state index contributed by atoms with van der Waals surface area (Å²) < 4.78 is 0. The van der Waals surface area contributed by atoms with E-state index in [0.29, 0.717) is 0 Å². The average Bonchev–Trinajstić information content (AvgIpc) is 2.40. The normalized spacial score (nSPS) is 11.2. The van der Waals surface area contributed by atoms with Crippen LogP contribution in [0.25, 0.3) is 4.85 Å². The van der Waals surface area contributed by atoms with Gasteiger partial charge in [-0.1, -0.05) is 56.7 Å². The van der Waals surface area contributed by atoms with Gasteiger partial charge in [0.1, 0.15) is 0 Å². The lowest BCUT2D eigenvalue weighted by molar-refractivity contribution is 0.590. The third-order valence-corrected chi connectivity index (χ3v) is 4.26. The van der Waals surface area contributed by atoms with Crippen LogP contribution in [-0.2, 0) is 5.41 Å². The molecule has 0 heterocycles. The van der Waals surface area contributed by atoms with Crippen molar-refractivity contribution in [3.05, 3.63) is 65.0 Å². The maximum absolute atomic E-state index is 7.27. The summed E-state index contributed by atoms with van der Waals surface area (Å²) in [5.41, 5.74) is 3.36. The maximum Gasteiger partial charge on any atom is 0.201 e. The van der Waals surface area contributed by atoms with Crippen molar-refractivity contribution in [2.45, 2.75) is 42.9 Å². The number of rotatable bonds is 2. The quantitative estimate of drug-likeness (QED) is 0.611. The molecule has 2 heteroatoms. The number of benzene rings is 2. The van der Waals surface area contributed by atoms with Crippen molar-refractivity contribution in [2.75, 3.05) is 0 Å². The Balaban J connectivity index is 2.25. The first kappa shape index (κ1) is 14.7. The highest BCUT2D eigenvalue weighted by molar-refractivity contribution is 7.99. The highest BCUT2D eigenvalue weighted by atomic mass is 32.2. The molecule has 0 unspecified atom stereocenters. The second-order valence-corrected chi connectivity index (χ2v) is 7.07. The first-order valence-electron chi connectivity index (χ1n) is 6.66. The van der Waals surface area contributed by atoms with Crippen LogP contribution in [0.4, 0.5) is 5.69 Å². The van der Waals surface area contributed by atoms with Crippen molar-refractivity contribution in [1.82, 2.24) is 0 Å². The van der Waals surface area contributed by atoms with Gasteiger partial charge < -0.3 is 0 Å². The van der Waals surface area contributed by atoms with Crippen LogP contribution in [0.2, 0.25) is 0 Å². The second kappa shape index (κ2) is 5.73. The van der Waals surface area contributed by atoms with Crippen molar-refractivity contribution in [2.24, 2.45) is 0 Å². The van der Waals surface area contributed by atoms with Gasteiger partial charge in [-0.3, -0.25) is 0 Å². The van der Waals surface area contributed by atoms with Crippen molar-refractivity contribution in [3.63, 3.8) is 0 Å². The van der Waals surface area contributed by atoms with Gasteiger partial charge in [-0.05, 0) is 30.0 Å². The summed E-state index contributed by atoms with van der Waals surface area (Å²) in [6.45, 7) is 15.9. The zero-order chi connectivity index (χ0) is 14.8. The van der Waals surface area contributed by atoms with Crippen LogP contribution >= 0.6 is 11.8 Å². The minimum absolute atomic E-state index is 0.175. The molecule has 0 saturated carbocycles. The SMILES string of the molecule is [C-]#[N+]c1cc(C)ccc1Sc1ccc(C(C)(C)C)cc1. The summed E-state index contributed by atoms with van der Waals surface area (Å²) in [7, 11) is 0. The molecule has 0 fully saturated rings. The molecular formula is C18H19NS. The van der Waals surface area contributed by atoms with Crippen LogP contribution in [0.3, 0.4) is 0 Å². The van der Waals surface area contributed by atoms with E-state index >= 15 is 0 Å². The minimum atomic E-state index is 0.175. The molecule has 0 aliphatic rings. The lowest BCUT2D eigenvalue weighted by atomic mass is 9.87. The Kier molecular flexibility index (Phi) is 4.20. The van der Waals surface area contributed by atoms with Gasteiger partial charge >= 0.3 is 0 Å². The predicted octanol–water partition coefficient (Wildman–Crippen LogP) is 5.99. The molecule has 2 aromatic carbocycles. The van der Waals surface area contributed by atoms with E-state index in [-0.39, 0.29) is 5.41 Å². The smallest absolute Gasteiger partial charge is 0.201 e. The zero-order valence-corrected chi connectivity index (χ0v) is 13.2. The van der Waals surface area contributed by atoms with Gasteiger partial charge in [0, 0.05) is 9.79 Å². The van der Waals surface area contributed by atoms with Gasteiger partial charge in [-0.2, -0.15) is 0 Å². The molecule has 20 heavy (non-hydrogen) atoms. The molecule has 0 saturated heterocycles. The van der Waals surface area contributed by atoms with E-state index in [1.54, 1.807) is 11.8 Å². The fraction of sp³-hybridized carbons (Fsp3) is 0.278. The van der Waals surface area contributed by atoms with Crippen LogP contribution in [0.5, 0.6) is 0 Å². The molecule has 0 spiro atoms. The summed E-state index contributed by atoms with van der Waals surface area (Å²) in [6.07, 6.45) is 0. The summed E-state index contributed by atoms with van der Waals surface area (Å²) >= 11 is 1.65. The molecule has 1 nitrogen and oxygen atoms in total. The second-order valence-electron chi connectivity index (χ2n) is 5.96. The van der Waals surface area contributed by atoms with E-state index in [4.69, 9.17) is 6.57 Å². The molecule has 102 valence electrons. The summed E-state index contributed by atoms with van der Waals surface area (Å²) in [5.74, 6) is 0. The molecule has 0 radical (unpaired) electrons. The molecule has 0 aliphatic heterocycles. The molecule has 2 aromatic rings. The van der Waals surface area contributed by atoms with E-state index in [2.05, 4.69) is 55.9 Å². The van der Waals surface area contributed by atoms with Crippen molar-refractivity contribution in [3.8, 4) is 0 Å².